The third-order valence-electron chi connectivity index (χ3n) is 4.80. The van der Waals surface area contributed by atoms with Crippen LogP contribution in [-0.2, 0) is 4.79 Å². The Balaban J connectivity index is 1.42. The summed E-state index contributed by atoms with van der Waals surface area (Å²) in [7, 11) is 0. The van der Waals surface area contributed by atoms with Crippen LogP contribution >= 0.6 is 11.6 Å². The lowest BCUT2D eigenvalue weighted by atomic mass is 10.1. The van der Waals surface area contributed by atoms with Crippen LogP contribution in [0.3, 0.4) is 0 Å². The van der Waals surface area contributed by atoms with E-state index < -0.39 is 11.9 Å². The number of β-amino-alcohol motifs (C(OH)–C–C–N with tert-alkyl or cyclic N) is 1. The van der Waals surface area contributed by atoms with Gasteiger partial charge in [0.2, 0.25) is 5.91 Å². The van der Waals surface area contributed by atoms with Crippen molar-refractivity contribution in [2.45, 2.75) is 32.0 Å². The molecule has 3 rings (SSSR count). The summed E-state index contributed by atoms with van der Waals surface area (Å²) >= 11 is 5.89. The summed E-state index contributed by atoms with van der Waals surface area (Å²) in [5, 5.41) is 13.6. The molecule has 2 aromatic rings. The highest BCUT2D eigenvalue weighted by molar-refractivity contribution is 6.30. The predicted octanol–water partition coefficient (Wildman–Crippen LogP) is 3.72. The highest BCUT2D eigenvalue weighted by Gasteiger charge is 2.22. The molecule has 0 spiro atoms. The van der Waals surface area contributed by atoms with E-state index in [1.165, 1.54) is 25.1 Å². The lowest BCUT2D eigenvalue weighted by Gasteiger charge is -2.33. The molecule has 1 amide bonds. The Morgan fingerprint density at radius 2 is 1.97 bits per heavy atom. The van der Waals surface area contributed by atoms with E-state index in [1.807, 2.05) is 12.1 Å². The van der Waals surface area contributed by atoms with Crippen molar-refractivity contribution in [3.8, 4) is 11.5 Å². The summed E-state index contributed by atoms with van der Waals surface area (Å²) in [5.74, 6) is 0.325. The van der Waals surface area contributed by atoms with Crippen molar-refractivity contribution >= 4 is 23.2 Å². The number of ether oxygens (including phenoxy) is 2. The molecular weight excluding hydrogens is 411 g/mol. The number of likely N-dealkylation sites (tertiary alicyclic amines) is 1. The molecule has 162 valence electrons. The minimum Gasteiger partial charge on any atom is -0.490 e. The summed E-state index contributed by atoms with van der Waals surface area (Å²) in [6, 6.07) is 11.2. The zero-order chi connectivity index (χ0) is 21.5. The number of nitrogens with one attached hydrogen (secondary N) is 1. The third kappa shape index (κ3) is 6.86. The fourth-order valence-corrected chi connectivity index (χ4v) is 3.49. The smallest absolute Gasteiger partial charge is 0.221 e. The Kier molecular flexibility index (Phi) is 7.90. The van der Waals surface area contributed by atoms with Gasteiger partial charge in [0.1, 0.15) is 36.1 Å². The van der Waals surface area contributed by atoms with Crippen molar-refractivity contribution in [2.75, 3.05) is 31.6 Å². The maximum Gasteiger partial charge on any atom is 0.221 e. The monoisotopic (exact) mass is 436 g/mol. The number of carbonyl (C=O) groups is 1. The zero-order valence-electron chi connectivity index (χ0n) is 16.8. The van der Waals surface area contributed by atoms with Gasteiger partial charge in [-0.2, -0.15) is 0 Å². The molecule has 0 aromatic heterocycles. The lowest BCUT2D eigenvalue weighted by Crippen LogP contribution is -2.43. The van der Waals surface area contributed by atoms with Crippen molar-refractivity contribution in [3.05, 3.63) is 53.3 Å². The van der Waals surface area contributed by atoms with Gasteiger partial charge in [0.05, 0.1) is 5.69 Å². The largest absolute Gasteiger partial charge is 0.490 e. The third-order valence-corrected chi connectivity index (χ3v) is 5.06. The number of carbonyl (C=O) groups excluding carboxylic acids is 1. The van der Waals surface area contributed by atoms with E-state index in [0.717, 1.165) is 31.7 Å². The molecule has 2 aromatic carbocycles. The van der Waals surface area contributed by atoms with E-state index in [1.54, 1.807) is 12.1 Å². The molecule has 2 N–H and O–H groups in total. The minimum absolute atomic E-state index is 0.0411. The molecule has 1 atom stereocenters. The SMILES string of the molecule is CC(=O)Nc1cc(F)ccc1OCC(O)CN1CCC(Oc2ccc(Cl)cc2)CC1. The van der Waals surface area contributed by atoms with E-state index >= 15 is 0 Å². The molecule has 0 saturated carbocycles. The molecule has 6 nitrogen and oxygen atoms in total. The van der Waals surface area contributed by atoms with Crippen LogP contribution in [0, 0.1) is 5.82 Å². The molecular formula is C22H26ClFN2O4. The Labute approximate surface area is 180 Å². The Bertz CT molecular complexity index is 842. The number of aliphatic hydroxyl groups excluding tert-OH is 1. The molecule has 1 aliphatic rings. The average molecular weight is 437 g/mol. The second-order valence-electron chi connectivity index (χ2n) is 7.36. The lowest BCUT2D eigenvalue weighted by molar-refractivity contribution is -0.114. The number of anilines is 1. The molecule has 0 radical (unpaired) electrons. The van der Waals surface area contributed by atoms with E-state index in [2.05, 4.69) is 10.2 Å². The van der Waals surface area contributed by atoms with Crippen LogP contribution in [0.2, 0.25) is 5.02 Å². The first-order chi connectivity index (χ1) is 14.4. The molecule has 1 aliphatic heterocycles. The van der Waals surface area contributed by atoms with Crippen LogP contribution in [0.4, 0.5) is 10.1 Å². The minimum atomic E-state index is -0.714. The van der Waals surface area contributed by atoms with Crippen LogP contribution in [-0.4, -0.2) is 54.4 Å². The van der Waals surface area contributed by atoms with Gasteiger partial charge in [0.25, 0.3) is 0 Å². The number of hydrogen-bond donors (Lipinski definition) is 2. The first kappa shape index (κ1) is 22.3. The van der Waals surface area contributed by atoms with Crippen molar-refractivity contribution in [3.63, 3.8) is 0 Å². The maximum atomic E-state index is 13.4. The van der Waals surface area contributed by atoms with Crippen LogP contribution < -0.4 is 14.8 Å². The number of rotatable bonds is 8. The molecule has 0 aliphatic carbocycles. The van der Waals surface area contributed by atoms with Gasteiger partial charge in [-0.3, -0.25) is 4.79 Å². The van der Waals surface area contributed by atoms with E-state index in [0.29, 0.717) is 17.3 Å². The number of nitrogens with zero attached hydrogens (tertiary/aromatic N) is 1. The van der Waals surface area contributed by atoms with Crippen LogP contribution in [0.5, 0.6) is 11.5 Å². The average Bonchev–Trinajstić information content (AvgIpc) is 2.70. The maximum absolute atomic E-state index is 13.4. The first-order valence-corrected chi connectivity index (χ1v) is 10.3. The number of amides is 1. The molecule has 1 heterocycles. The van der Waals surface area contributed by atoms with Crippen molar-refractivity contribution in [1.29, 1.82) is 0 Å². The van der Waals surface area contributed by atoms with Gasteiger partial charge in [-0.15, -0.1) is 0 Å². The molecule has 30 heavy (non-hydrogen) atoms. The zero-order valence-corrected chi connectivity index (χ0v) is 17.6. The molecule has 1 unspecified atom stereocenters. The van der Waals surface area contributed by atoms with E-state index in [4.69, 9.17) is 21.1 Å². The van der Waals surface area contributed by atoms with Gasteiger partial charge in [-0.25, -0.2) is 4.39 Å². The van der Waals surface area contributed by atoms with Crippen LogP contribution in [0.1, 0.15) is 19.8 Å². The summed E-state index contributed by atoms with van der Waals surface area (Å²) in [4.78, 5) is 13.4. The quantitative estimate of drug-likeness (QED) is 0.660. The summed E-state index contributed by atoms with van der Waals surface area (Å²) in [5.41, 5.74) is 0.245. The van der Waals surface area contributed by atoms with Crippen LogP contribution in [0.15, 0.2) is 42.5 Å². The first-order valence-electron chi connectivity index (χ1n) is 9.91. The van der Waals surface area contributed by atoms with Gasteiger partial charge in [-0.05, 0) is 49.2 Å². The fourth-order valence-electron chi connectivity index (χ4n) is 3.37. The number of benzene rings is 2. The normalized spacial score (nSPS) is 16.1. The molecule has 1 saturated heterocycles. The van der Waals surface area contributed by atoms with Crippen LogP contribution in [0.25, 0.3) is 0 Å². The van der Waals surface area contributed by atoms with Gasteiger partial charge >= 0.3 is 0 Å². The molecule has 0 bridgehead atoms. The Hall–Kier alpha value is -2.35. The van der Waals surface area contributed by atoms with Crippen molar-refractivity contribution in [1.82, 2.24) is 4.90 Å². The van der Waals surface area contributed by atoms with Gasteiger partial charge in [-0.1, -0.05) is 11.6 Å². The number of hydrogen-bond acceptors (Lipinski definition) is 5. The molecule has 1 fully saturated rings. The summed E-state index contributed by atoms with van der Waals surface area (Å²) in [6.45, 7) is 3.46. The van der Waals surface area contributed by atoms with Gasteiger partial charge in [0.15, 0.2) is 0 Å². The Morgan fingerprint density at radius 3 is 2.63 bits per heavy atom. The van der Waals surface area contributed by atoms with Crippen molar-refractivity contribution in [2.24, 2.45) is 0 Å². The standard InChI is InChI=1S/C22H26ClFN2O4/c1-15(27)25-21-12-17(24)4-7-22(21)29-14-18(28)13-26-10-8-20(9-11-26)30-19-5-2-16(23)3-6-19/h2-7,12,18,20,28H,8-11,13-14H2,1H3,(H,25,27). The Morgan fingerprint density at radius 1 is 1.27 bits per heavy atom. The van der Waals surface area contributed by atoms with Gasteiger partial charge < -0.3 is 24.8 Å². The number of piperidine rings is 1. The second-order valence-corrected chi connectivity index (χ2v) is 7.79. The number of halogens is 2. The predicted molar refractivity (Wildman–Crippen MR) is 114 cm³/mol. The number of aliphatic hydroxyl groups is 1. The van der Waals surface area contributed by atoms with E-state index in [9.17, 15) is 14.3 Å². The van der Waals surface area contributed by atoms with Crippen molar-refractivity contribution < 1.29 is 23.8 Å². The van der Waals surface area contributed by atoms with E-state index in [-0.39, 0.29) is 24.3 Å². The highest BCUT2D eigenvalue weighted by Crippen LogP contribution is 2.26. The second kappa shape index (κ2) is 10.6. The summed E-state index contributed by atoms with van der Waals surface area (Å²) in [6.07, 6.45) is 1.14. The fraction of sp³-hybridized carbons (Fsp3) is 0.409. The molecule has 8 heteroatoms. The summed E-state index contributed by atoms with van der Waals surface area (Å²) < 4.78 is 25.0. The topological polar surface area (TPSA) is 71.0 Å². The van der Waals surface area contributed by atoms with Gasteiger partial charge in [0, 0.05) is 37.6 Å². The highest BCUT2D eigenvalue weighted by atomic mass is 35.5.